The van der Waals surface area contributed by atoms with Crippen molar-refractivity contribution in [3.8, 4) is 6.07 Å². The molecule has 0 radical (unpaired) electrons. The molecule has 0 saturated heterocycles. The van der Waals surface area contributed by atoms with Crippen molar-refractivity contribution in [2.45, 2.75) is 20.3 Å². The molecule has 0 fully saturated rings. The van der Waals surface area contributed by atoms with Crippen molar-refractivity contribution < 1.29 is 9.66 Å². The lowest BCUT2D eigenvalue weighted by Crippen LogP contribution is -2.24. The molecule has 0 aliphatic rings. The summed E-state index contributed by atoms with van der Waals surface area (Å²) in [6, 6.07) is 6.32. The van der Waals surface area contributed by atoms with Gasteiger partial charge in [0.2, 0.25) is 0 Å². The number of nitriles is 1. The van der Waals surface area contributed by atoms with E-state index in [-0.39, 0.29) is 16.7 Å². The first-order valence-electron chi connectivity index (χ1n) is 6.31. The van der Waals surface area contributed by atoms with Crippen molar-refractivity contribution in [3.05, 3.63) is 33.9 Å². The van der Waals surface area contributed by atoms with E-state index in [4.69, 9.17) is 10.00 Å². The molecule has 1 aromatic carbocycles. The van der Waals surface area contributed by atoms with E-state index in [1.807, 2.05) is 6.07 Å². The Morgan fingerprint density at radius 2 is 2.20 bits per heavy atom. The summed E-state index contributed by atoms with van der Waals surface area (Å²) in [5, 5.41) is 22.9. The minimum absolute atomic E-state index is 0.0323. The molecule has 0 bridgehead atoms. The van der Waals surface area contributed by atoms with Crippen molar-refractivity contribution >= 4 is 11.4 Å². The van der Waals surface area contributed by atoms with E-state index in [9.17, 15) is 10.1 Å². The van der Waals surface area contributed by atoms with Gasteiger partial charge < -0.3 is 10.1 Å². The Labute approximate surface area is 118 Å². The Hall–Kier alpha value is -2.13. The highest BCUT2D eigenvalue weighted by Crippen LogP contribution is 2.24. The summed E-state index contributed by atoms with van der Waals surface area (Å²) in [7, 11) is 1.67. The molecule has 0 spiro atoms. The van der Waals surface area contributed by atoms with Crippen LogP contribution in [0.5, 0.6) is 0 Å². The zero-order chi connectivity index (χ0) is 15.2. The maximum absolute atomic E-state index is 10.7. The van der Waals surface area contributed by atoms with Gasteiger partial charge in [-0.05, 0) is 24.0 Å². The van der Waals surface area contributed by atoms with Crippen LogP contribution in [0.1, 0.15) is 25.8 Å². The van der Waals surface area contributed by atoms with E-state index >= 15 is 0 Å². The molecule has 0 heterocycles. The average molecular weight is 277 g/mol. The highest BCUT2D eigenvalue weighted by molar-refractivity contribution is 5.58. The number of rotatable bonds is 7. The van der Waals surface area contributed by atoms with Gasteiger partial charge in [0, 0.05) is 32.0 Å². The molecule has 1 rings (SSSR count). The summed E-state index contributed by atoms with van der Waals surface area (Å²) in [5.41, 5.74) is 0.633. The molecule has 0 amide bonds. The van der Waals surface area contributed by atoms with Crippen molar-refractivity contribution in [2.24, 2.45) is 5.41 Å². The van der Waals surface area contributed by atoms with Gasteiger partial charge in [-0.1, -0.05) is 13.8 Å². The van der Waals surface area contributed by atoms with Gasteiger partial charge in [-0.25, -0.2) is 0 Å². The van der Waals surface area contributed by atoms with E-state index in [1.54, 1.807) is 13.2 Å². The van der Waals surface area contributed by atoms with Crippen molar-refractivity contribution in [1.82, 2.24) is 0 Å². The smallest absolute Gasteiger partial charge is 0.287 e. The van der Waals surface area contributed by atoms with Crippen LogP contribution in [0, 0.1) is 26.9 Å². The molecule has 0 saturated carbocycles. The van der Waals surface area contributed by atoms with Crippen LogP contribution in [-0.4, -0.2) is 25.2 Å². The third-order valence-electron chi connectivity index (χ3n) is 3.07. The molecular weight excluding hydrogens is 258 g/mol. The Morgan fingerprint density at radius 1 is 1.50 bits per heavy atom. The Morgan fingerprint density at radius 3 is 2.75 bits per heavy atom. The van der Waals surface area contributed by atoms with Crippen LogP contribution in [0.3, 0.4) is 0 Å². The van der Waals surface area contributed by atoms with Crippen molar-refractivity contribution in [1.29, 1.82) is 5.26 Å². The van der Waals surface area contributed by atoms with Gasteiger partial charge in [0.15, 0.2) is 0 Å². The Balaban J connectivity index is 2.75. The number of ether oxygens (including phenoxy) is 1. The van der Waals surface area contributed by atoms with Gasteiger partial charge in [-0.3, -0.25) is 10.1 Å². The first-order valence-corrected chi connectivity index (χ1v) is 6.31. The predicted molar refractivity (Wildman–Crippen MR) is 76.6 cm³/mol. The lowest BCUT2D eigenvalue weighted by molar-refractivity contribution is -0.385. The SMILES string of the molecule is COCCC(C)(C)CNc1ccc([N+](=O)[O-])c(C#N)c1. The Bertz CT molecular complexity index is 521. The predicted octanol–water partition coefficient (Wildman–Crippen LogP) is 2.94. The van der Waals surface area contributed by atoms with E-state index in [0.717, 1.165) is 6.42 Å². The van der Waals surface area contributed by atoms with Gasteiger partial charge in [0.1, 0.15) is 11.6 Å². The quantitative estimate of drug-likeness (QED) is 0.611. The summed E-state index contributed by atoms with van der Waals surface area (Å²) >= 11 is 0. The maximum Gasteiger partial charge on any atom is 0.287 e. The van der Waals surface area contributed by atoms with Gasteiger partial charge in [0.05, 0.1) is 4.92 Å². The Kier molecular flexibility index (Phi) is 5.47. The second kappa shape index (κ2) is 6.87. The largest absolute Gasteiger partial charge is 0.385 e. The van der Waals surface area contributed by atoms with Gasteiger partial charge in [-0.2, -0.15) is 5.26 Å². The molecule has 0 atom stereocenters. The fourth-order valence-corrected chi connectivity index (χ4v) is 1.70. The van der Waals surface area contributed by atoms with Gasteiger partial charge >= 0.3 is 0 Å². The van der Waals surface area contributed by atoms with Crippen LogP contribution in [-0.2, 0) is 4.74 Å². The summed E-state index contributed by atoms with van der Waals surface area (Å²) in [5.74, 6) is 0. The van der Waals surface area contributed by atoms with Crippen molar-refractivity contribution in [3.63, 3.8) is 0 Å². The highest BCUT2D eigenvalue weighted by atomic mass is 16.6. The molecule has 0 aliphatic heterocycles. The van der Waals surface area contributed by atoms with Gasteiger partial charge in [0.25, 0.3) is 5.69 Å². The molecule has 1 aromatic rings. The van der Waals surface area contributed by atoms with Crippen LogP contribution in [0.2, 0.25) is 0 Å². The standard InChI is InChI=1S/C14H19N3O3/c1-14(2,6-7-20-3)10-16-12-4-5-13(17(18)19)11(8-12)9-15/h4-5,8,16H,6-7,10H2,1-3H3. The first-order chi connectivity index (χ1) is 9.39. The van der Waals surface area contributed by atoms with Gasteiger partial charge in [-0.15, -0.1) is 0 Å². The monoisotopic (exact) mass is 277 g/mol. The van der Waals surface area contributed by atoms with Crippen LogP contribution in [0.4, 0.5) is 11.4 Å². The minimum atomic E-state index is -0.551. The number of nitrogens with one attached hydrogen (secondary N) is 1. The zero-order valence-corrected chi connectivity index (χ0v) is 12.0. The summed E-state index contributed by atoms with van der Waals surface area (Å²) in [4.78, 5) is 10.2. The molecule has 0 aromatic heterocycles. The second-order valence-electron chi connectivity index (χ2n) is 5.36. The van der Waals surface area contributed by atoms with Crippen LogP contribution in [0.25, 0.3) is 0 Å². The van der Waals surface area contributed by atoms with Crippen LogP contribution >= 0.6 is 0 Å². The normalized spacial score (nSPS) is 10.9. The fourth-order valence-electron chi connectivity index (χ4n) is 1.70. The van der Waals surface area contributed by atoms with Crippen LogP contribution in [0.15, 0.2) is 18.2 Å². The number of hydrogen-bond donors (Lipinski definition) is 1. The summed E-state index contributed by atoms with van der Waals surface area (Å²) < 4.78 is 5.06. The molecule has 0 aliphatic carbocycles. The van der Waals surface area contributed by atoms with E-state index in [1.165, 1.54) is 12.1 Å². The number of methoxy groups -OCH3 is 1. The van der Waals surface area contributed by atoms with E-state index in [2.05, 4.69) is 19.2 Å². The number of nitrogens with zero attached hydrogens (tertiary/aromatic N) is 2. The number of hydrogen-bond acceptors (Lipinski definition) is 5. The number of nitro benzene ring substituents is 1. The third kappa shape index (κ3) is 4.52. The topological polar surface area (TPSA) is 88.2 Å². The number of benzene rings is 1. The third-order valence-corrected chi connectivity index (χ3v) is 3.07. The number of nitro groups is 1. The minimum Gasteiger partial charge on any atom is -0.385 e. The number of anilines is 1. The molecule has 6 nitrogen and oxygen atoms in total. The molecule has 6 heteroatoms. The average Bonchev–Trinajstić information content (AvgIpc) is 2.42. The first kappa shape index (κ1) is 15.9. The summed E-state index contributed by atoms with van der Waals surface area (Å²) in [6.07, 6.45) is 0.897. The lowest BCUT2D eigenvalue weighted by Gasteiger charge is -2.25. The molecular formula is C14H19N3O3. The van der Waals surface area contributed by atoms with E-state index < -0.39 is 4.92 Å². The van der Waals surface area contributed by atoms with Crippen molar-refractivity contribution in [2.75, 3.05) is 25.6 Å². The second-order valence-corrected chi connectivity index (χ2v) is 5.36. The maximum atomic E-state index is 10.7. The summed E-state index contributed by atoms with van der Waals surface area (Å²) in [6.45, 7) is 5.59. The molecule has 108 valence electrons. The molecule has 0 unspecified atom stereocenters. The van der Waals surface area contributed by atoms with E-state index in [0.29, 0.717) is 18.8 Å². The van der Waals surface area contributed by atoms with Crippen LogP contribution < -0.4 is 5.32 Å². The molecule has 20 heavy (non-hydrogen) atoms. The highest BCUT2D eigenvalue weighted by Gasteiger charge is 2.18. The molecule has 1 N–H and O–H groups in total. The lowest BCUT2D eigenvalue weighted by atomic mass is 9.89. The fraction of sp³-hybridized carbons (Fsp3) is 0.500. The zero-order valence-electron chi connectivity index (χ0n) is 12.0.